The van der Waals surface area contributed by atoms with Crippen LogP contribution in [0.4, 0.5) is 0 Å². The van der Waals surface area contributed by atoms with E-state index in [4.69, 9.17) is 5.11 Å². The van der Waals surface area contributed by atoms with Crippen LogP contribution >= 0.6 is 0 Å². The summed E-state index contributed by atoms with van der Waals surface area (Å²) in [6.45, 7) is 2.15. The fourth-order valence-corrected chi connectivity index (χ4v) is 1.73. The molecule has 0 radical (unpaired) electrons. The average molecular weight is 302 g/mol. The van der Waals surface area contributed by atoms with Gasteiger partial charge in [0, 0.05) is 6.42 Å². The average Bonchev–Trinajstić information content (AvgIpc) is 2.50. The standard InChI is InChI=1S/C20H30O2/c1-2-3-4-5-6-7-8-9-10-11-12-13-14-15-16-17-18-19-20(21)22/h3-4,6-7,9-10,12-13,16-17H,2,5,8,11,14-15,18-19H2,1H3,(H,21,22). The number of aliphatic carboxylic acids is 1. The third-order valence-corrected chi connectivity index (χ3v) is 2.91. The summed E-state index contributed by atoms with van der Waals surface area (Å²) < 4.78 is 0. The molecule has 0 saturated heterocycles. The minimum absolute atomic E-state index is 0.223. The van der Waals surface area contributed by atoms with E-state index in [9.17, 15) is 4.79 Å². The van der Waals surface area contributed by atoms with Gasteiger partial charge in [-0.15, -0.1) is 0 Å². The molecule has 0 aromatic rings. The van der Waals surface area contributed by atoms with Crippen LogP contribution in [0.15, 0.2) is 60.8 Å². The summed E-state index contributed by atoms with van der Waals surface area (Å²) in [5, 5.41) is 8.48. The molecule has 2 heteroatoms. The van der Waals surface area contributed by atoms with Crippen LogP contribution in [0, 0.1) is 0 Å². The lowest BCUT2D eigenvalue weighted by atomic mass is 10.2. The Morgan fingerprint density at radius 1 is 0.682 bits per heavy atom. The van der Waals surface area contributed by atoms with Gasteiger partial charge in [-0.3, -0.25) is 4.79 Å². The van der Waals surface area contributed by atoms with Crippen molar-refractivity contribution in [1.29, 1.82) is 0 Å². The maximum Gasteiger partial charge on any atom is 0.303 e. The molecule has 0 aliphatic carbocycles. The number of carboxylic acids is 1. The van der Waals surface area contributed by atoms with Crippen LogP contribution in [0.5, 0.6) is 0 Å². The van der Waals surface area contributed by atoms with E-state index in [2.05, 4.69) is 61.6 Å². The van der Waals surface area contributed by atoms with Crippen molar-refractivity contribution < 1.29 is 9.90 Å². The quantitative estimate of drug-likeness (QED) is 0.335. The summed E-state index contributed by atoms with van der Waals surface area (Å²) in [6.07, 6.45) is 28.5. The maximum atomic E-state index is 10.3. The summed E-state index contributed by atoms with van der Waals surface area (Å²) in [4.78, 5) is 10.3. The van der Waals surface area contributed by atoms with E-state index >= 15 is 0 Å². The molecule has 0 fully saturated rings. The minimum atomic E-state index is -0.733. The van der Waals surface area contributed by atoms with Crippen molar-refractivity contribution >= 4 is 5.97 Å². The molecule has 122 valence electrons. The van der Waals surface area contributed by atoms with Gasteiger partial charge in [-0.1, -0.05) is 67.7 Å². The van der Waals surface area contributed by atoms with Gasteiger partial charge in [0.25, 0.3) is 0 Å². The molecule has 0 atom stereocenters. The normalized spacial score (nSPS) is 12.8. The zero-order chi connectivity index (χ0) is 16.3. The molecular formula is C20H30O2. The highest BCUT2D eigenvalue weighted by atomic mass is 16.4. The first-order valence-corrected chi connectivity index (χ1v) is 8.24. The first-order valence-electron chi connectivity index (χ1n) is 8.24. The van der Waals surface area contributed by atoms with Gasteiger partial charge in [0.1, 0.15) is 0 Å². The number of hydrogen-bond acceptors (Lipinski definition) is 1. The molecular weight excluding hydrogens is 272 g/mol. The topological polar surface area (TPSA) is 37.3 Å². The fraction of sp³-hybridized carbons (Fsp3) is 0.450. The molecule has 0 amide bonds. The van der Waals surface area contributed by atoms with E-state index in [1.807, 2.05) is 6.08 Å². The van der Waals surface area contributed by atoms with Crippen molar-refractivity contribution in [3.63, 3.8) is 0 Å². The van der Waals surface area contributed by atoms with E-state index in [1.54, 1.807) is 0 Å². The Labute approximate surface area is 135 Å². The van der Waals surface area contributed by atoms with E-state index in [0.29, 0.717) is 6.42 Å². The molecule has 0 aromatic carbocycles. The van der Waals surface area contributed by atoms with Gasteiger partial charge in [-0.2, -0.15) is 0 Å². The van der Waals surface area contributed by atoms with Crippen LogP contribution in [0.25, 0.3) is 0 Å². The highest BCUT2D eigenvalue weighted by Gasteiger charge is 1.90. The van der Waals surface area contributed by atoms with E-state index < -0.39 is 5.97 Å². The smallest absolute Gasteiger partial charge is 0.303 e. The lowest BCUT2D eigenvalue weighted by Crippen LogP contribution is -1.91. The monoisotopic (exact) mass is 302 g/mol. The molecule has 0 rings (SSSR count). The lowest BCUT2D eigenvalue weighted by molar-refractivity contribution is -0.136. The SMILES string of the molecule is CCC=CCC=CCC=CCC=CCCC=CCCC(=O)O. The molecule has 0 aliphatic rings. The zero-order valence-electron chi connectivity index (χ0n) is 13.8. The molecule has 0 aromatic heterocycles. The number of carboxylic acid groups (broad SMARTS) is 1. The van der Waals surface area contributed by atoms with Gasteiger partial charge in [0.2, 0.25) is 0 Å². The number of rotatable bonds is 13. The Bertz CT molecular complexity index is 398. The molecule has 0 saturated carbocycles. The lowest BCUT2D eigenvalue weighted by Gasteiger charge is -1.89. The molecule has 2 nitrogen and oxygen atoms in total. The van der Waals surface area contributed by atoms with Crippen molar-refractivity contribution in [2.75, 3.05) is 0 Å². The predicted octanol–water partition coefficient (Wildman–Crippen LogP) is 5.99. The van der Waals surface area contributed by atoms with Crippen LogP contribution in [0.3, 0.4) is 0 Å². The van der Waals surface area contributed by atoms with Crippen molar-refractivity contribution in [3.05, 3.63) is 60.8 Å². The maximum absolute atomic E-state index is 10.3. The van der Waals surface area contributed by atoms with Gasteiger partial charge in [-0.05, 0) is 44.9 Å². The second kappa shape index (κ2) is 17.2. The Balaban J connectivity index is 3.44. The summed E-state index contributed by atoms with van der Waals surface area (Å²) in [5.41, 5.74) is 0. The Hall–Kier alpha value is -1.83. The summed E-state index contributed by atoms with van der Waals surface area (Å²) in [6, 6.07) is 0. The van der Waals surface area contributed by atoms with Gasteiger partial charge < -0.3 is 5.11 Å². The fourth-order valence-electron chi connectivity index (χ4n) is 1.73. The van der Waals surface area contributed by atoms with Crippen LogP contribution in [-0.2, 0) is 4.79 Å². The van der Waals surface area contributed by atoms with Gasteiger partial charge >= 0.3 is 5.97 Å². The van der Waals surface area contributed by atoms with Crippen molar-refractivity contribution in [3.8, 4) is 0 Å². The first-order chi connectivity index (χ1) is 10.8. The molecule has 0 heterocycles. The highest BCUT2D eigenvalue weighted by molar-refractivity contribution is 5.66. The molecule has 1 N–H and O–H groups in total. The number of carbonyl (C=O) groups is 1. The third kappa shape index (κ3) is 18.2. The van der Waals surface area contributed by atoms with Gasteiger partial charge in [-0.25, -0.2) is 0 Å². The number of allylic oxidation sites excluding steroid dienone is 10. The molecule has 22 heavy (non-hydrogen) atoms. The largest absolute Gasteiger partial charge is 0.481 e. The Morgan fingerprint density at radius 3 is 1.59 bits per heavy atom. The van der Waals surface area contributed by atoms with E-state index in [0.717, 1.165) is 38.5 Å². The summed E-state index contributed by atoms with van der Waals surface area (Å²) in [5.74, 6) is -0.733. The molecule has 0 bridgehead atoms. The zero-order valence-corrected chi connectivity index (χ0v) is 13.8. The minimum Gasteiger partial charge on any atom is -0.481 e. The van der Waals surface area contributed by atoms with Crippen LogP contribution < -0.4 is 0 Å². The first kappa shape index (κ1) is 20.2. The van der Waals surface area contributed by atoms with Crippen LogP contribution in [0.2, 0.25) is 0 Å². The van der Waals surface area contributed by atoms with E-state index in [1.165, 1.54) is 0 Å². The third-order valence-electron chi connectivity index (χ3n) is 2.91. The summed E-state index contributed by atoms with van der Waals surface area (Å²) in [7, 11) is 0. The summed E-state index contributed by atoms with van der Waals surface area (Å²) >= 11 is 0. The molecule has 0 spiro atoms. The van der Waals surface area contributed by atoms with Crippen LogP contribution in [0.1, 0.15) is 58.3 Å². The van der Waals surface area contributed by atoms with Crippen molar-refractivity contribution in [2.45, 2.75) is 58.3 Å². The predicted molar refractivity (Wildman–Crippen MR) is 95.9 cm³/mol. The van der Waals surface area contributed by atoms with Crippen molar-refractivity contribution in [2.24, 2.45) is 0 Å². The second-order valence-electron chi connectivity index (χ2n) is 4.98. The highest BCUT2D eigenvalue weighted by Crippen LogP contribution is 1.99. The van der Waals surface area contributed by atoms with Gasteiger partial charge in [0.05, 0.1) is 0 Å². The Kier molecular flexibility index (Phi) is 15.8. The molecule has 0 aliphatic heterocycles. The number of hydrogen-bond donors (Lipinski definition) is 1. The Morgan fingerprint density at radius 2 is 1.09 bits per heavy atom. The van der Waals surface area contributed by atoms with Crippen molar-refractivity contribution in [1.82, 2.24) is 0 Å². The second-order valence-corrected chi connectivity index (χ2v) is 4.98. The van der Waals surface area contributed by atoms with E-state index in [-0.39, 0.29) is 6.42 Å². The number of unbranched alkanes of at least 4 members (excludes halogenated alkanes) is 1. The van der Waals surface area contributed by atoms with Gasteiger partial charge in [0.15, 0.2) is 0 Å². The van der Waals surface area contributed by atoms with Crippen LogP contribution in [-0.4, -0.2) is 11.1 Å². The molecule has 0 unspecified atom stereocenters.